The van der Waals surface area contributed by atoms with Crippen molar-refractivity contribution in [2.75, 3.05) is 31.1 Å². The van der Waals surface area contributed by atoms with Crippen LogP contribution in [0.25, 0.3) is 11.0 Å². The highest BCUT2D eigenvalue weighted by molar-refractivity contribution is 14.1. The van der Waals surface area contributed by atoms with Gasteiger partial charge in [0.25, 0.3) is 0 Å². The minimum atomic E-state index is -0.484. The largest absolute Gasteiger partial charge is 0.358 e. The highest BCUT2D eigenvalue weighted by atomic mass is 127. The Morgan fingerprint density at radius 2 is 2.17 bits per heavy atom. The Morgan fingerprint density at radius 1 is 1.39 bits per heavy atom. The van der Waals surface area contributed by atoms with Crippen molar-refractivity contribution in [1.82, 2.24) is 14.8 Å². The Balaban J connectivity index is 2.00. The summed E-state index contributed by atoms with van der Waals surface area (Å²) in [6, 6.07) is 3.95. The van der Waals surface area contributed by atoms with Crippen molar-refractivity contribution in [3.63, 3.8) is 0 Å². The molecular weight excluding hydrogens is 361 g/mol. The number of rotatable bonds is 5. The van der Waals surface area contributed by atoms with Gasteiger partial charge in [0, 0.05) is 11.9 Å². The van der Waals surface area contributed by atoms with Crippen molar-refractivity contribution < 1.29 is 4.74 Å². The predicted molar refractivity (Wildman–Crippen MR) is 86.4 cm³/mol. The quantitative estimate of drug-likeness (QED) is 0.593. The number of pyridine rings is 1. The third-order valence-corrected chi connectivity index (χ3v) is 4.64. The second kappa shape index (κ2) is 5.75. The zero-order valence-corrected chi connectivity index (χ0v) is 13.9. The van der Waals surface area contributed by atoms with Gasteiger partial charge >= 0.3 is 0 Å². The number of fused-ring (bicyclic) bond motifs is 1. The Bertz CT molecular complexity index is 536. The Kier molecular flexibility index (Phi) is 4.50. The van der Waals surface area contributed by atoms with E-state index >= 15 is 0 Å². The molecule has 2 aromatic rings. The van der Waals surface area contributed by atoms with Gasteiger partial charge in [-0.25, -0.2) is 14.7 Å². The number of halogens is 1. The normalized spacial score (nSPS) is 13.1. The lowest BCUT2D eigenvalue weighted by Gasteiger charge is -2.24. The molecule has 0 aromatic carbocycles. The molecule has 0 bridgehead atoms. The van der Waals surface area contributed by atoms with Crippen LogP contribution in [-0.2, 0) is 11.5 Å². The molecule has 4 nitrogen and oxygen atoms in total. The van der Waals surface area contributed by atoms with Crippen LogP contribution in [0.5, 0.6) is 0 Å². The zero-order chi connectivity index (χ0) is 13.2. The van der Waals surface area contributed by atoms with Crippen LogP contribution in [0.4, 0.5) is 0 Å². The molecule has 0 amide bonds. The molecule has 18 heavy (non-hydrogen) atoms. The van der Waals surface area contributed by atoms with Crippen LogP contribution in [0.2, 0.25) is 0 Å². The highest BCUT2D eigenvalue weighted by Gasteiger charge is 2.09. The molecule has 0 aliphatic heterocycles. The molecule has 0 spiro atoms. The third-order valence-electron chi connectivity index (χ3n) is 2.52. The summed E-state index contributed by atoms with van der Waals surface area (Å²) in [6.45, 7) is 1.29. The van der Waals surface area contributed by atoms with Gasteiger partial charge in [0.05, 0.1) is 12.1 Å². The Labute approximate surface area is 123 Å². The second-order valence-electron chi connectivity index (χ2n) is 4.99. The maximum atomic E-state index is 5.71. The summed E-state index contributed by atoms with van der Waals surface area (Å²) < 4.78 is 8.51. The van der Waals surface area contributed by atoms with Gasteiger partial charge in [0.15, 0.2) is 0 Å². The summed E-state index contributed by atoms with van der Waals surface area (Å²) in [5, 5.41) is 4.45. The molecular formula is C12H18IN3OS. The van der Waals surface area contributed by atoms with E-state index in [0.29, 0.717) is 6.73 Å². The zero-order valence-electron chi connectivity index (χ0n) is 10.9. The summed E-state index contributed by atoms with van der Waals surface area (Å²) in [7, 11) is -0.484. The molecule has 0 saturated carbocycles. The van der Waals surface area contributed by atoms with Crippen LogP contribution in [0.3, 0.4) is 0 Å². The Hall–Kier alpha value is -0.340. The van der Waals surface area contributed by atoms with E-state index in [9.17, 15) is 0 Å². The van der Waals surface area contributed by atoms with Gasteiger partial charge in [-0.2, -0.15) is 5.10 Å². The lowest BCUT2D eigenvalue weighted by atomic mass is 10.4. The molecule has 0 aliphatic rings. The highest BCUT2D eigenvalue weighted by Crippen LogP contribution is 2.33. The van der Waals surface area contributed by atoms with Crippen molar-refractivity contribution in [1.29, 1.82) is 0 Å². The molecule has 2 heterocycles. The summed E-state index contributed by atoms with van der Waals surface area (Å²) >= 11 is 2.21. The third kappa shape index (κ3) is 3.58. The molecule has 0 radical (unpaired) electrons. The van der Waals surface area contributed by atoms with Gasteiger partial charge in [0.2, 0.25) is 0 Å². The van der Waals surface area contributed by atoms with Crippen LogP contribution < -0.4 is 0 Å². The first kappa shape index (κ1) is 14.1. The molecule has 2 aromatic heterocycles. The molecule has 0 saturated heterocycles. The van der Waals surface area contributed by atoms with Crippen molar-refractivity contribution in [2.45, 2.75) is 6.73 Å². The van der Waals surface area contributed by atoms with E-state index < -0.39 is 10.0 Å². The SMILES string of the molecule is CS(C)(C)CCOCn1nc(I)c2ncccc21. The molecule has 100 valence electrons. The monoisotopic (exact) mass is 379 g/mol. The molecule has 0 aliphatic carbocycles. The molecule has 0 N–H and O–H groups in total. The van der Waals surface area contributed by atoms with E-state index in [1.54, 1.807) is 6.20 Å². The molecule has 0 fully saturated rings. The van der Waals surface area contributed by atoms with Gasteiger partial charge in [-0.15, -0.1) is 0 Å². The van der Waals surface area contributed by atoms with Crippen LogP contribution in [0, 0.1) is 3.70 Å². The molecule has 2 rings (SSSR count). The van der Waals surface area contributed by atoms with Crippen LogP contribution in [0.15, 0.2) is 18.3 Å². The summed E-state index contributed by atoms with van der Waals surface area (Å²) in [5.74, 6) is 1.13. The van der Waals surface area contributed by atoms with Gasteiger partial charge in [-0.1, -0.05) is 0 Å². The minimum Gasteiger partial charge on any atom is -0.358 e. The van der Waals surface area contributed by atoms with Crippen molar-refractivity contribution in [2.24, 2.45) is 0 Å². The van der Waals surface area contributed by atoms with Crippen LogP contribution in [-0.4, -0.2) is 45.9 Å². The lowest BCUT2D eigenvalue weighted by molar-refractivity contribution is 0.0838. The summed E-state index contributed by atoms with van der Waals surface area (Å²) in [6.07, 6.45) is 8.69. The van der Waals surface area contributed by atoms with E-state index in [4.69, 9.17) is 4.74 Å². The topological polar surface area (TPSA) is 39.9 Å². The number of hydrogen-bond donors (Lipinski definition) is 0. The fraction of sp³-hybridized carbons (Fsp3) is 0.500. The van der Waals surface area contributed by atoms with Gasteiger partial charge < -0.3 is 4.74 Å². The maximum absolute atomic E-state index is 5.71. The number of ether oxygens (including phenoxy) is 1. The van der Waals surface area contributed by atoms with E-state index in [-0.39, 0.29) is 0 Å². The van der Waals surface area contributed by atoms with Gasteiger partial charge in [-0.3, -0.25) is 4.98 Å². The molecule has 6 heteroatoms. The lowest BCUT2D eigenvalue weighted by Crippen LogP contribution is -2.10. The summed E-state index contributed by atoms with van der Waals surface area (Å²) in [5.41, 5.74) is 1.98. The maximum Gasteiger partial charge on any atom is 0.149 e. The van der Waals surface area contributed by atoms with Crippen molar-refractivity contribution >= 4 is 43.7 Å². The van der Waals surface area contributed by atoms with E-state index in [1.807, 2.05) is 16.8 Å². The van der Waals surface area contributed by atoms with Crippen molar-refractivity contribution in [3.8, 4) is 0 Å². The van der Waals surface area contributed by atoms with Crippen LogP contribution in [0.1, 0.15) is 0 Å². The van der Waals surface area contributed by atoms with Gasteiger partial charge in [0.1, 0.15) is 15.9 Å². The van der Waals surface area contributed by atoms with Crippen molar-refractivity contribution in [3.05, 3.63) is 22.0 Å². The molecule has 0 atom stereocenters. The molecule has 0 unspecified atom stereocenters. The summed E-state index contributed by atoms with van der Waals surface area (Å²) in [4.78, 5) is 4.33. The van der Waals surface area contributed by atoms with E-state index in [0.717, 1.165) is 27.1 Å². The number of nitrogens with zero attached hydrogens (tertiary/aromatic N) is 3. The smallest absolute Gasteiger partial charge is 0.149 e. The number of aromatic nitrogens is 3. The average Bonchev–Trinajstić information content (AvgIpc) is 2.62. The first-order valence-corrected chi connectivity index (χ1v) is 9.79. The average molecular weight is 379 g/mol. The van der Waals surface area contributed by atoms with E-state index in [1.165, 1.54) is 0 Å². The first-order chi connectivity index (χ1) is 8.47. The van der Waals surface area contributed by atoms with E-state index in [2.05, 4.69) is 51.4 Å². The first-order valence-electron chi connectivity index (χ1n) is 5.68. The number of hydrogen-bond acceptors (Lipinski definition) is 3. The van der Waals surface area contributed by atoms with Crippen LogP contribution >= 0.6 is 32.6 Å². The predicted octanol–water partition coefficient (Wildman–Crippen LogP) is 2.70. The fourth-order valence-corrected chi connectivity index (χ4v) is 2.82. The Morgan fingerprint density at radius 3 is 2.89 bits per heavy atom. The fourth-order valence-electron chi connectivity index (χ4n) is 1.53. The second-order valence-corrected chi connectivity index (χ2v) is 10.6. The standard InChI is InChI=1S/C12H18IN3OS/c1-18(2,3)8-7-17-9-16-10-5-4-6-14-11(10)12(13)15-16/h4-6H,7-9H2,1-3H3. The minimum absolute atomic E-state index is 0.484. The van der Waals surface area contributed by atoms with Gasteiger partial charge in [-0.05, 0) is 53.5 Å².